The van der Waals surface area contributed by atoms with Gasteiger partial charge < -0.3 is 24.0 Å². The van der Waals surface area contributed by atoms with Gasteiger partial charge in [-0.3, -0.25) is 14.7 Å². The lowest BCUT2D eigenvalue weighted by Crippen LogP contribution is -2.49. The molecule has 1 fully saturated rings. The normalized spacial score (nSPS) is 14.5. The van der Waals surface area contributed by atoms with E-state index < -0.39 is 0 Å². The van der Waals surface area contributed by atoms with Gasteiger partial charge in [-0.15, -0.1) is 0 Å². The third-order valence-electron chi connectivity index (χ3n) is 6.17. The Morgan fingerprint density at radius 2 is 1.80 bits per heavy atom. The molecular weight excluding hydrogens is 446 g/mol. The molecule has 3 aromatic rings. The van der Waals surface area contributed by atoms with E-state index in [2.05, 4.69) is 16.8 Å². The molecule has 9 nitrogen and oxygen atoms in total. The zero-order valence-electron chi connectivity index (χ0n) is 20.7. The van der Waals surface area contributed by atoms with Crippen LogP contribution in [0.5, 0.6) is 5.75 Å². The molecule has 2 aromatic heterocycles. The summed E-state index contributed by atoms with van der Waals surface area (Å²) in [6, 6.07) is 9.73. The first-order valence-electron chi connectivity index (χ1n) is 12.4. The molecule has 0 amide bonds. The van der Waals surface area contributed by atoms with Crippen molar-refractivity contribution in [1.29, 1.82) is 0 Å². The lowest BCUT2D eigenvalue weighted by molar-refractivity contribution is 0.127. The molecule has 0 saturated carbocycles. The van der Waals surface area contributed by atoms with Gasteiger partial charge in [-0.05, 0) is 43.7 Å². The molecule has 1 aliphatic rings. The molecule has 1 aliphatic heterocycles. The number of piperazine rings is 1. The molecule has 3 heterocycles. The Balaban J connectivity index is 1.69. The summed E-state index contributed by atoms with van der Waals surface area (Å²) in [5.74, 6) is 1.26. The predicted octanol–water partition coefficient (Wildman–Crippen LogP) is 2.40. The standard InChI is InChI=1S/C26H35N5O4/c1-3-16-34-17-14-31-24-18-22(20-5-7-21(8-6-20)35-4-2)27-19-23(24)28-25(26(31)33)30-11-9-29(10-12-30)13-15-32/h5-8,18-19,32H,3-4,9-17H2,1-2H3. The molecule has 0 aliphatic carbocycles. The van der Waals surface area contributed by atoms with E-state index in [1.807, 2.05) is 42.2 Å². The third kappa shape index (κ3) is 5.98. The Hall–Kier alpha value is -3.01. The Morgan fingerprint density at radius 3 is 2.49 bits per heavy atom. The highest BCUT2D eigenvalue weighted by Gasteiger charge is 2.22. The Bertz CT molecular complexity index is 1160. The first-order valence-corrected chi connectivity index (χ1v) is 12.4. The quantitative estimate of drug-likeness (QED) is 0.418. The summed E-state index contributed by atoms with van der Waals surface area (Å²) in [6.45, 7) is 9.95. The Morgan fingerprint density at radius 1 is 1.03 bits per heavy atom. The molecule has 0 radical (unpaired) electrons. The Labute approximate surface area is 205 Å². The van der Waals surface area contributed by atoms with Crippen LogP contribution in [0.4, 0.5) is 5.82 Å². The van der Waals surface area contributed by atoms with Crippen molar-refractivity contribution in [2.24, 2.45) is 0 Å². The van der Waals surface area contributed by atoms with Gasteiger partial charge in [0.15, 0.2) is 5.82 Å². The second-order valence-corrected chi connectivity index (χ2v) is 8.57. The van der Waals surface area contributed by atoms with Crippen molar-refractivity contribution in [1.82, 2.24) is 19.4 Å². The molecule has 35 heavy (non-hydrogen) atoms. The number of pyridine rings is 1. The second-order valence-electron chi connectivity index (χ2n) is 8.57. The van der Waals surface area contributed by atoms with Crippen LogP contribution in [-0.2, 0) is 11.3 Å². The lowest BCUT2D eigenvalue weighted by Gasteiger charge is -2.34. The maximum absolute atomic E-state index is 13.6. The van der Waals surface area contributed by atoms with E-state index in [1.54, 1.807) is 10.8 Å². The van der Waals surface area contributed by atoms with E-state index in [0.717, 1.165) is 42.0 Å². The van der Waals surface area contributed by atoms with Gasteiger partial charge >= 0.3 is 0 Å². The summed E-state index contributed by atoms with van der Waals surface area (Å²) in [5.41, 5.74) is 3.03. The SMILES string of the molecule is CCCOCCn1c(=O)c(N2CCN(CCO)CC2)nc2cnc(-c3ccc(OCC)cc3)cc21. The van der Waals surface area contributed by atoms with Gasteiger partial charge in [-0.1, -0.05) is 6.92 Å². The fraction of sp³-hybridized carbons (Fsp3) is 0.500. The summed E-state index contributed by atoms with van der Waals surface area (Å²) in [5, 5.41) is 9.22. The highest BCUT2D eigenvalue weighted by atomic mass is 16.5. The zero-order chi connectivity index (χ0) is 24.6. The number of hydrogen-bond acceptors (Lipinski definition) is 8. The summed E-state index contributed by atoms with van der Waals surface area (Å²) >= 11 is 0. The van der Waals surface area contributed by atoms with Crippen LogP contribution in [0.25, 0.3) is 22.3 Å². The minimum Gasteiger partial charge on any atom is -0.494 e. The molecule has 1 N–H and O–H groups in total. The van der Waals surface area contributed by atoms with Gasteiger partial charge in [-0.25, -0.2) is 4.98 Å². The van der Waals surface area contributed by atoms with Crippen LogP contribution in [0.1, 0.15) is 20.3 Å². The number of nitrogens with zero attached hydrogens (tertiary/aromatic N) is 5. The first kappa shape index (κ1) is 25.1. The number of aromatic nitrogens is 3. The number of β-amino-alcohol motifs (C(OH)–C–C–N with tert-alkyl or cyclic N) is 1. The molecule has 0 atom stereocenters. The highest BCUT2D eigenvalue weighted by Crippen LogP contribution is 2.24. The van der Waals surface area contributed by atoms with Crippen molar-refractivity contribution in [2.75, 3.05) is 64.1 Å². The third-order valence-corrected chi connectivity index (χ3v) is 6.17. The van der Waals surface area contributed by atoms with Gasteiger partial charge in [0, 0.05) is 51.4 Å². The van der Waals surface area contributed by atoms with Crippen LogP contribution in [-0.4, -0.2) is 83.7 Å². The monoisotopic (exact) mass is 481 g/mol. The van der Waals surface area contributed by atoms with Crippen LogP contribution in [0.2, 0.25) is 0 Å². The summed E-state index contributed by atoms with van der Waals surface area (Å²) in [4.78, 5) is 27.3. The van der Waals surface area contributed by atoms with Crippen molar-refractivity contribution in [3.05, 3.63) is 46.9 Å². The number of benzene rings is 1. The number of fused-ring (bicyclic) bond motifs is 1. The van der Waals surface area contributed by atoms with Gasteiger partial charge in [0.1, 0.15) is 11.3 Å². The van der Waals surface area contributed by atoms with E-state index in [0.29, 0.717) is 57.3 Å². The smallest absolute Gasteiger partial charge is 0.294 e. The molecule has 1 aromatic carbocycles. The summed E-state index contributed by atoms with van der Waals surface area (Å²) in [7, 11) is 0. The zero-order valence-corrected chi connectivity index (χ0v) is 20.7. The number of ether oxygens (including phenoxy) is 2. The van der Waals surface area contributed by atoms with Crippen molar-refractivity contribution in [2.45, 2.75) is 26.8 Å². The van der Waals surface area contributed by atoms with E-state index >= 15 is 0 Å². The molecule has 0 bridgehead atoms. The number of aliphatic hydroxyl groups excluding tert-OH is 1. The average molecular weight is 482 g/mol. The number of rotatable bonds is 11. The number of aliphatic hydroxyl groups is 1. The maximum Gasteiger partial charge on any atom is 0.294 e. The molecule has 1 saturated heterocycles. The highest BCUT2D eigenvalue weighted by molar-refractivity contribution is 5.80. The summed E-state index contributed by atoms with van der Waals surface area (Å²) in [6.07, 6.45) is 2.68. The van der Waals surface area contributed by atoms with Crippen molar-refractivity contribution >= 4 is 16.9 Å². The number of anilines is 1. The lowest BCUT2D eigenvalue weighted by atomic mass is 10.1. The van der Waals surface area contributed by atoms with E-state index in [9.17, 15) is 9.90 Å². The fourth-order valence-corrected chi connectivity index (χ4v) is 4.33. The minimum atomic E-state index is -0.114. The van der Waals surface area contributed by atoms with Gasteiger partial charge in [-0.2, -0.15) is 0 Å². The average Bonchev–Trinajstić information content (AvgIpc) is 2.88. The van der Waals surface area contributed by atoms with Crippen molar-refractivity contribution < 1.29 is 14.6 Å². The molecule has 188 valence electrons. The summed E-state index contributed by atoms with van der Waals surface area (Å²) < 4.78 is 13.0. The van der Waals surface area contributed by atoms with Crippen LogP contribution in [0, 0.1) is 0 Å². The van der Waals surface area contributed by atoms with Crippen LogP contribution >= 0.6 is 0 Å². The van der Waals surface area contributed by atoms with Crippen LogP contribution in [0.3, 0.4) is 0 Å². The second kappa shape index (κ2) is 12.1. The van der Waals surface area contributed by atoms with Crippen LogP contribution < -0.4 is 15.2 Å². The fourth-order valence-electron chi connectivity index (χ4n) is 4.33. The van der Waals surface area contributed by atoms with Gasteiger partial charge in [0.05, 0.1) is 37.2 Å². The van der Waals surface area contributed by atoms with Crippen LogP contribution in [0.15, 0.2) is 41.3 Å². The molecule has 0 unspecified atom stereocenters. The first-order chi connectivity index (χ1) is 17.1. The van der Waals surface area contributed by atoms with Gasteiger partial charge in [0.2, 0.25) is 0 Å². The molecule has 9 heteroatoms. The number of hydrogen-bond donors (Lipinski definition) is 1. The molecule has 0 spiro atoms. The van der Waals surface area contributed by atoms with E-state index in [4.69, 9.17) is 14.5 Å². The van der Waals surface area contributed by atoms with E-state index in [-0.39, 0.29) is 12.2 Å². The topological polar surface area (TPSA) is 93.0 Å². The Kier molecular flexibility index (Phi) is 8.68. The van der Waals surface area contributed by atoms with Gasteiger partial charge in [0.25, 0.3) is 5.56 Å². The van der Waals surface area contributed by atoms with E-state index in [1.165, 1.54) is 0 Å². The molecular formula is C26H35N5O4. The maximum atomic E-state index is 13.6. The predicted molar refractivity (Wildman–Crippen MR) is 137 cm³/mol. The van der Waals surface area contributed by atoms with Crippen molar-refractivity contribution in [3.63, 3.8) is 0 Å². The largest absolute Gasteiger partial charge is 0.494 e. The molecule has 4 rings (SSSR count). The minimum absolute atomic E-state index is 0.114. The van der Waals surface area contributed by atoms with Crippen molar-refractivity contribution in [3.8, 4) is 17.0 Å².